The Morgan fingerprint density at radius 3 is 2.12 bits per heavy atom. The van der Waals surface area contributed by atoms with E-state index < -0.39 is 5.60 Å². The van der Waals surface area contributed by atoms with Crippen LogP contribution in [-0.2, 0) is 5.60 Å². The lowest BCUT2D eigenvalue weighted by molar-refractivity contribution is -0.0670. The number of halogens is 1. The average molecular weight is 253 g/mol. The fourth-order valence-electron chi connectivity index (χ4n) is 2.79. The molecule has 0 aromatic heterocycles. The monoisotopic (exact) mass is 252 g/mol. The van der Waals surface area contributed by atoms with E-state index >= 15 is 0 Å². The van der Waals surface area contributed by atoms with Gasteiger partial charge in [-0.2, -0.15) is 0 Å². The molecule has 94 valence electrons. The topological polar surface area (TPSA) is 20.2 Å². The number of aliphatic hydroxyl groups is 1. The summed E-state index contributed by atoms with van der Waals surface area (Å²) in [4.78, 5) is 0. The first kappa shape index (κ1) is 12.9. The van der Waals surface area contributed by atoms with Gasteiger partial charge in [0.25, 0.3) is 0 Å². The molecule has 1 aromatic rings. The van der Waals surface area contributed by atoms with E-state index in [-0.39, 0.29) is 5.92 Å². The summed E-state index contributed by atoms with van der Waals surface area (Å²) in [5.74, 6) is 1.20. The Labute approximate surface area is 109 Å². The van der Waals surface area contributed by atoms with Crippen molar-refractivity contribution in [2.75, 3.05) is 0 Å². The van der Waals surface area contributed by atoms with Crippen molar-refractivity contribution in [2.24, 2.45) is 17.8 Å². The largest absolute Gasteiger partial charge is 0.385 e. The van der Waals surface area contributed by atoms with Crippen LogP contribution >= 0.6 is 11.6 Å². The second-order valence-corrected chi connectivity index (χ2v) is 6.05. The molecular weight excluding hydrogens is 232 g/mol. The Morgan fingerprint density at radius 1 is 1.18 bits per heavy atom. The number of hydrogen-bond donors (Lipinski definition) is 1. The molecule has 17 heavy (non-hydrogen) atoms. The second kappa shape index (κ2) is 4.62. The summed E-state index contributed by atoms with van der Waals surface area (Å²) in [6, 6.07) is 7.65. The summed E-state index contributed by atoms with van der Waals surface area (Å²) in [5.41, 5.74) is 0.266. The fraction of sp³-hybridized carbons (Fsp3) is 0.600. The van der Waals surface area contributed by atoms with Crippen molar-refractivity contribution in [1.82, 2.24) is 0 Å². The minimum atomic E-state index is -0.730. The van der Waals surface area contributed by atoms with Crippen molar-refractivity contribution in [3.63, 3.8) is 0 Å². The van der Waals surface area contributed by atoms with Crippen LogP contribution in [0.1, 0.15) is 39.2 Å². The van der Waals surface area contributed by atoms with Gasteiger partial charge < -0.3 is 5.11 Å². The van der Waals surface area contributed by atoms with Gasteiger partial charge in [-0.3, -0.25) is 0 Å². The number of benzene rings is 1. The number of hydrogen-bond acceptors (Lipinski definition) is 1. The molecule has 1 N–H and O–H groups in total. The van der Waals surface area contributed by atoms with E-state index in [0.717, 1.165) is 10.6 Å². The lowest BCUT2D eigenvalue weighted by Crippen LogP contribution is -2.40. The van der Waals surface area contributed by atoms with Crippen molar-refractivity contribution in [2.45, 2.75) is 39.2 Å². The van der Waals surface area contributed by atoms with Gasteiger partial charge >= 0.3 is 0 Å². The van der Waals surface area contributed by atoms with Gasteiger partial charge in [0.2, 0.25) is 0 Å². The molecule has 1 fully saturated rings. The maximum absolute atomic E-state index is 11.1. The van der Waals surface area contributed by atoms with Gasteiger partial charge in [0.05, 0.1) is 5.60 Å². The maximum atomic E-state index is 11.1. The van der Waals surface area contributed by atoms with Gasteiger partial charge in [0, 0.05) is 5.02 Å². The molecule has 0 heterocycles. The summed E-state index contributed by atoms with van der Waals surface area (Å²) in [6.45, 7) is 6.35. The van der Waals surface area contributed by atoms with E-state index in [1.807, 2.05) is 24.3 Å². The highest BCUT2D eigenvalue weighted by atomic mass is 35.5. The zero-order chi connectivity index (χ0) is 12.6. The van der Waals surface area contributed by atoms with Crippen LogP contribution in [0, 0.1) is 17.8 Å². The Bertz CT molecular complexity index is 380. The Balaban J connectivity index is 2.35. The highest BCUT2D eigenvalue weighted by Gasteiger charge is 2.45. The first-order valence-corrected chi connectivity index (χ1v) is 6.82. The SMILES string of the molecule is CC(C)C(O)(c1ccc(Cl)cc1)C(C)C1CC1. The predicted octanol–water partition coefficient (Wildman–Crippen LogP) is 4.23. The molecule has 2 atom stereocenters. The van der Waals surface area contributed by atoms with Crippen LogP contribution in [0.25, 0.3) is 0 Å². The van der Waals surface area contributed by atoms with Crippen LogP contribution in [0.15, 0.2) is 24.3 Å². The van der Waals surface area contributed by atoms with E-state index in [0.29, 0.717) is 11.8 Å². The molecule has 0 saturated heterocycles. The van der Waals surface area contributed by atoms with Crippen molar-refractivity contribution in [3.8, 4) is 0 Å². The van der Waals surface area contributed by atoms with Crippen molar-refractivity contribution >= 4 is 11.6 Å². The van der Waals surface area contributed by atoms with Gasteiger partial charge in [0.1, 0.15) is 0 Å². The Kier molecular flexibility index (Phi) is 3.51. The van der Waals surface area contributed by atoms with Crippen LogP contribution in [0.3, 0.4) is 0 Å². The van der Waals surface area contributed by atoms with Gasteiger partial charge in [-0.15, -0.1) is 0 Å². The molecule has 0 radical (unpaired) electrons. The molecule has 2 heteroatoms. The van der Waals surface area contributed by atoms with E-state index in [1.165, 1.54) is 12.8 Å². The molecule has 0 aliphatic heterocycles. The lowest BCUT2D eigenvalue weighted by atomic mass is 9.72. The molecule has 1 aromatic carbocycles. The predicted molar refractivity (Wildman–Crippen MR) is 72.1 cm³/mol. The van der Waals surface area contributed by atoms with Gasteiger partial charge in [0.15, 0.2) is 0 Å². The molecule has 1 aliphatic carbocycles. The summed E-state index contributed by atoms with van der Waals surface area (Å²) in [7, 11) is 0. The quantitative estimate of drug-likeness (QED) is 0.850. The van der Waals surface area contributed by atoms with Crippen LogP contribution in [0.5, 0.6) is 0 Å². The van der Waals surface area contributed by atoms with Crippen LogP contribution in [0.4, 0.5) is 0 Å². The summed E-state index contributed by atoms with van der Waals surface area (Å²) >= 11 is 5.91. The van der Waals surface area contributed by atoms with E-state index in [2.05, 4.69) is 20.8 Å². The summed E-state index contributed by atoms with van der Waals surface area (Å²) in [5, 5.41) is 11.8. The Morgan fingerprint density at radius 2 is 1.71 bits per heavy atom. The first-order chi connectivity index (χ1) is 7.96. The third-order valence-electron chi connectivity index (χ3n) is 4.21. The second-order valence-electron chi connectivity index (χ2n) is 5.61. The normalized spacial score (nSPS) is 21.3. The molecule has 1 nitrogen and oxygen atoms in total. The zero-order valence-corrected chi connectivity index (χ0v) is 11.5. The van der Waals surface area contributed by atoms with Crippen molar-refractivity contribution in [1.29, 1.82) is 0 Å². The van der Waals surface area contributed by atoms with Gasteiger partial charge in [-0.25, -0.2) is 0 Å². The number of rotatable bonds is 4. The molecular formula is C15H21ClO. The van der Waals surface area contributed by atoms with Crippen molar-refractivity contribution < 1.29 is 5.11 Å². The smallest absolute Gasteiger partial charge is 0.0947 e. The van der Waals surface area contributed by atoms with E-state index in [1.54, 1.807) is 0 Å². The van der Waals surface area contributed by atoms with E-state index in [4.69, 9.17) is 11.6 Å². The molecule has 2 rings (SSSR count). The first-order valence-electron chi connectivity index (χ1n) is 6.44. The van der Waals surface area contributed by atoms with Crippen LogP contribution in [-0.4, -0.2) is 5.11 Å². The average Bonchev–Trinajstić information content (AvgIpc) is 3.11. The van der Waals surface area contributed by atoms with Gasteiger partial charge in [-0.1, -0.05) is 44.5 Å². The molecule has 1 aliphatic rings. The fourth-order valence-corrected chi connectivity index (χ4v) is 2.92. The highest BCUT2D eigenvalue weighted by Crippen LogP contribution is 2.48. The maximum Gasteiger partial charge on any atom is 0.0947 e. The van der Waals surface area contributed by atoms with Crippen LogP contribution < -0.4 is 0 Å². The minimum Gasteiger partial charge on any atom is -0.385 e. The summed E-state index contributed by atoms with van der Waals surface area (Å²) < 4.78 is 0. The van der Waals surface area contributed by atoms with Crippen molar-refractivity contribution in [3.05, 3.63) is 34.9 Å². The van der Waals surface area contributed by atoms with Crippen LogP contribution in [0.2, 0.25) is 5.02 Å². The molecule has 0 amide bonds. The highest BCUT2D eigenvalue weighted by molar-refractivity contribution is 6.30. The summed E-state index contributed by atoms with van der Waals surface area (Å²) in [6.07, 6.45) is 2.51. The lowest BCUT2D eigenvalue weighted by Gasteiger charge is -2.38. The van der Waals surface area contributed by atoms with Gasteiger partial charge in [-0.05, 0) is 48.3 Å². The van der Waals surface area contributed by atoms with E-state index in [9.17, 15) is 5.11 Å². The third-order valence-corrected chi connectivity index (χ3v) is 4.46. The third kappa shape index (κ3) is 2.36. The molecule has 0 bridgehead atoms. The molecule has 1 saturated carbocycles. The minimum absolute atomic E-state index is 0.208. The molecule has 2 unspecified atom stereocenters. The zero-order valence-electron chi connectivity index (χ0n) is 10.8. The Hall–Kier alpha value is -0.530. The standard InChI is InChI=1S/C15H21ClO/c1-10(2)15(17,11(3)12-4-5-12)13-6-8-14(16)9-7-13/h6-12,17H,4-5H2,1-3H3. The molecule has 0 spiro atoms.